The number of benzene rings is 2. The molecule has 0 bridgehead atoms. The number of nitrogens with two attached hydrogens (primary N) is 1. The van der Waals surface area contributed by atoms with Gasteiger partial charge in [-0.3, -0.25) is 14.4 Å². The number of phenolic OH excluding ortho intramolecular Hbond substituents is 1. The van der Waals surface area contributed by atoms with Crippen molar-refractivity contribution in [3.63, 3.8) is 0 Å². The lowest BCUT2D eigenvalue weighted by atomic mass is 10.0. The van der Waals surface area contributed by atoms with Crippen LogP contribution in [0.2, 0.25) is 0 Å². The molecule has 2 amide bonds. The summed E-state index contributed by atoms with van der Waals surface area (Å²) in [6, 6.07) is 9.27. The number of aromatic amines is 1. The van der Waals surface area contributed by atoms with Crippen molar-refractivity contribution in [3.8, 4) is 5.75 Å². The van der Waals surface area contributed by atoms with Gasteiger partial charge >= 0.3 is 11.9 Å². The van der Waals surface area contributed by atoms with Gasteiger partial charge in [-0.05, 0) is 35.7 Å². The number of aliphatic carboxylic acids is 2. The topological polar surface area (TPSA) is 195 Å². The number of carbonyl (C=O) groups is 4. The van der Waals surface area contributed by atoms with Crippen LogP contribution < -0.4 is 16.4 Å². The summed E-state index contributed by atoms with van der Waals surface area (Å²) in [6.45, 7) is 0. The van der Waals surface area contributed by atoms with E-state index in [2.05, 4.69) is 15.6 Å². The zero-order valence-corrected chi connectivity index (χ0v) is 18.6. The fourth-order valence-corrected chi connectivity index (χ4v) is 3.63. The number of fused-ring (bicyclic) bond motifs is 1. The molecule has 0 aliphatic heterocycles. The maximum Gasteiger partial charge on any atom is 0.326 e. The minimum absolute atomic E-state index is 0.0468. The van der Waals surface area contributed by atoms with Crippen molar-refractivity contribution in [1.82, 2.24) is 15.6 Å². The van der Waals surface area contributed by atoms with Crippen LogP contribution in [-0.2, 0) is 32.0 Å². The second-order valence-electron chi connectivity index (χ2n) is 8.10. The van der Waals surface area contributed by atoms with Crippen LogP contribution in [0.5, 0.6) is 5.75 Å². The first-order chi connectivity index (χ1) is 16.6. The third-order valence-corrected chi connectivity index (χ3v) is 5.45. The summed E-state index contributed by atoms with van der Waals surface area (Å²) >= 11 is 0. The van der Waals surface area contributed by atoms with Gasteiger partial charge in [0.1, 0.15) is 17.8 Å². The molecule has 8 N–H and O–H groups in total. The number of phenols is 1. The SMILES string of the molecule is NC(Cc1ccc(O)cc1)C(=O)NC(CC(=O)O)C(=O)NC(Cc1c[nH]c2ccccc12)C(=O)O. The van der Waals surface area contributed by atoms with Crippen LogP contribution in [0.4, 0.5) is 0 Å². The van der Waals surface area contributed by atoms with Crippen LogP contribution in [0.25, 0.3) is 10.9 Å². The summed E-state index contributed by atoms with van der Waals surface area (Å²) in [5.41, 5.74) is 8.01. The highest BCUT2D eigenvalue weighted by atomic mass is 16.4. The molecule has 3 atom stereocenters. The molecule has 1 aromatic heterocycles. The normalized spacial score (nSPS) is 13.5. The molecule has 0 fully saturated rings. The molecule has 3 rings (SSSR count). The molecule has 0 saturated heterocycles. The first-order valence-electron chi connectivity index (χ1n) is 10.8. The van der Waals surface area contributed by atoms with E-state index in [1.165, 1.54) is 12.1 Å². The van der Waals surface area contributed by atoms with Crippen LogP contribution >= 0.6 is 0 Å². The molecule has 0 radical (unpaired) electrons. The van der Waals surface area contributed by atoms with Crippen molar-refractivity contribution in [1.29, 1.82) is 0 Å². The zero-order valence-electron chi connectivity index (χ0n) is 18.6. The standard InChI is InChI=1S/C24H26N4O7/c25-17(9-13-5-7-15(29)8-6-13)22(32)27-19(11-21(30)31)23(33)28-20(24(34)35)10-14-12-26-18-4-2-1-3-16(14)18/h1-8,12,17,19-20,26,29H,9-11,25H2,(H,27,32)(H,28,33)(H,30,31)(H,34,35). The number of carboxylic acid groups (broad SMARTS) is 2. The molecule has 0 spiro atoms. The fourth-order valence-electron chi connectivity index (χ4n) is 3.63. The number of carbonyl (C=O) groups excluding carboxylic acids is 2. The number of carboxylic acids is 2. The number of hydrogen-bond acceptors (Lipinski definition) is 6. The van der Waals surface area contributed by atoms with Crippen molar-refractivity contribution >= 4 is 34.7 Å². The Kier molecular flexibility index (Phi) is 8.05. The number of nitrogens with one attached hydrogen (secondary N) is 3. The number of amides is 2. The third kappa shape index (κ3) is 6.81. The molecule has 184 valence electrons. The molecule has 35 heavy (non-hydrogen) atoms. The van der Waals surface area contributed by atoms with Gasteiger partial charge in [-0.25, -0.2) is 4.79 Å². The van der Waals surface area contributed by atoms with Gasteiger partial charge in [0.15, 0.2) is 0 Å². The number of rotatable bonds is 11. The molecular weight excluding hydrogens is 456 g/mol. The predicted octanol–water partition coefficient (Wildman–Crippen LogP) is 0.515. The Morgan fingerprint density at radius 2 is 1.54 bits per heavy atom. The van der Waals surface area contributed by atoms with Crippen LogP contribution in [0.15, 0.2) is 54.7 Å². The predicted molar refractivity (Wildman–Crippen MR) is 126 cm³/mol. The van der Waals surface area contributed by atoms with Gasteiger partial charge in [-0.15, -0.1) is 0 Å². The van der Waals surface area contributed by atoms with E-state index in [-0.39, 0.29) is 18.6 Å². The molecule has 0 aliphatic carbocycles. The average molecular weight is 482 g/mol. The van der Waals surface area contributed by atoms with Crippen LogP contribution in [0, 0.1) is 0 Å². The quantitative estimate of drug-likeness (QED) is 0.205. The van der Waals surface area contributed by atoms with Gasteiger partial charge in [0.05, 0.1) is 12.5 Å². The lowest BCUT2D eigenvalue weighted by Crippen LogP contribution is -2.55. The Balaban J connectivity index is 1.68. The van der Waals surface area contributed by atoms with E-state index in [9.17, 15) is 34.5 Å². The molecular formula is C24H26N4O7. The van der Waals surface area contributed by atoms with Crippen molar-refractivity contribution < 1.29 is 34.5 Å². The van der Waals surface area contributed by atoms with Crippen LogP contribution in [0.1, 0.15) is 17.5 Å². The Morgan fingerprint density at radius 3 is 2.20 bits per heavy atom. The van der Waals surface area contributed by atoms with E-state index >= 15 is 0 Å². The Morgan fingerprint density at radius 1 is 0.886 bits per heavy atom. The highest BCUT2D eigenvalue weighted by Crippen LogP contribution is 2.19. The third-order valence-electron chi connectivity index (χ3n) is 5.45. The van der Waals surface area contributed by atoms with Gasteiger partial charge < -0.3 is 36.7 Å². The van der Waals surface area contributed by atoms with Gasteiger partial charge in [0.25, 0.3) is 0 Å². The number of H-pyrrole nitrogens is 1. The number of aromatic nitrogens is 1. The first-order valence-corrected chi connectivity index (χ1v) is 10.8. The molecule has 0 saturated carbocycles. The highest BCUT2D eigenvalue weighted by molar-refractivity contribution is 5.94. The van der Waals surface area contributed by atoms with E-state index in [1.807, 2.05) is 18.2 Å². The van der Waals surface area contributed by atoms with Gasteiger partial charge in [0.2, 0.25) is 11.8 Å². The van der Waals surface area contributed by atoms with E-state index in [0.29, 0.717) is 11.1 Å². The second kappa shape index (κ2) is 11.2. The molecule has 2 aromatic carbocycles. The molecule has 11 heteroatoms. The monoisotopic (exact) mass is 482 g/mol. The van der Waals surface area contributed by atoms with E-state index in [1.54, 1.807) is 24.4 Å². The van der Waals surface area contributed by atoms with E-state index in [4.69, 9.17) is 5.73 Å². The lowest BCUT2D eigenvalue weighted by molar-refractivity contribution is -0.143. The zero-order chi connectivity index (χ0) is 25.5. The molecule has 11 nitrogen and oxygen atoms in total. The van der Waals surface area contributed by atoms with Gasteiger partial charge in [-0.1, -0.05) is 30.3 Å². The Hall–Kier alpha value is -4.38. The van der Waals surface area contributed by atoms with Gasteiger partial charge in [-0.2, -0.15) is 0 Å². The summed E-state index contributed by atoms with van der Waals surface area (Å²) in [4.78, 5) is 51.5. The average Bonchev–Trinajstić information content (AvgIpc) is 3.22. The van der Waals surface area contributed by atoms with E-state index < -0.39 is 48.3 Å². The smallest absolute Gasteiger partial charge is 0.326 e. The Bertz CT molecular complexity index is 1220. The minimum atomic E-state index is -1.53. The van der Waals surface area contributed by atoms with Crippen molar-refractivity contribution in [3.05, 3.63) is 65.9 Å². The summed E-state index contributed by atoms with van der Waals surface area (Å²) in [6.07, 6.45) is 0.902. The molecule has 0 aliphatic rings. The fraction of sp³-hybridized carbons (Fsp3) is 0.250. The van der Waals surface area contributed by atoms with Crippen molar-refractivity contribution in [2.45, 2.75) is 37.4 Å². The largest absolute Gasteiger partial charge is 0.508 e. The van der Waals surface area contributed by atoms with Crippen LogP contribution in [-0.4, -0.2) is 62.2 Å². The minimum Gasteiger partial charge on any atom is -0.508 e. The molecule has 3 aromatic rings. The number of aromatic hydroxyl groups is 1. The second-order valence-corrected chi connectivity index (χ2v) is 8.10. The van der Waals surface area contributed by atoms with Crippen molar-refractivity contribution in [2.24, 2.45) is 5.73 Å². The maximum absolute atomic E-state index is 12.8. The van der Waals surface area contributed by atoms with Crippen molar-refractivity contribution in [2.75, 3.05) is 0 Å². The molecule has 1 heterocycles. The summed E-state index contributed by atoms with van der Waals surface area (Å²) in [7, 11) is 0. The summed E-state index contributed by atoms with van der Waals surface area (Å²) in [5.74, 6) is -4.35. The summed E-state index contributed by atoms with van der Waals surface area (Å²) < 4.78 is 0. The lowest BCUT2D eigenvalue weighted by Gasteiger charge is -2.22. The van der Waals surface area contributed by atoms with Crippen LogP contribution in [0.3, 0.4) is 0 Å². The highest BCUT2D eigenvalue weighted by Gasteiger charge is 2.30. The Labute approximate surface area is 199 Å². The van der Waals surface area contributed by atoms with Gasteiger partial charge in [0, 0.05) is 23.5 Å². The maximum atomic E-state index is 12.8. The molecule has 3 unspecified atom stereocenters. The first kappa shape index (κ1) is 25.2. The number of para-hydroxylation sites is 1. The number of hydrogen-bond donors (Lipinski definition) is 7. The summed E-state index contributed by atoms with van der Waals surface area (Å²) in [5, 5.41) is 33.6. The van der Waals surface area contributed by atoms with E-state index in [0.717, 1.165) is 10.9 Å².